The maximum Gasteiger partial charge on any atom is 0.0814 e. The second kappa shape index (κ2) is 5.89. The summed E-state index contributed by atoms with van der Waals surface area (Å²) in [6.45, 7) is 7.40. The van der Waals surface area contributed by atoms with Crippen LogP contribution >= 0.6 is 0 Å². The van der Waals surface area contributed by atoms with E-state index in [1.54, 1.807) is 0 Å². The average molecular weight is 208 g/mol. The molecule has 0 aromatic heterocycles. The summed E-state index contributed by atoms with van der Waals surface area (Å²) in [6, 6.07) is 6.04. The molecule has 1 aromatic carbocycles. The van der Waals surface area contributed by atoms with Gasteiger partial charge in [-0.25, -0.2) is 0 Å². The van der Waals surface area contributed by atoms with Crippen molar-refractivity contribution < 1.29 is 9.84 Å². The van der Waals surface area contributed by atoms with Gasteiger partial charge in [0.05, 0.1) is 6.10 Å². The minimum Gasteiger partial charge on any atom is -0.388 e. The third-order valence-corrected chi connectivity index (χ3v) is 2.75. The summed E-state index contributed by atoms with van der Waals surface area (Å²) in [6.07, 6.45) is 0.259. The van der Waals surface area contributed by atoms with E-state index in [-0.39, 0.29) is 0 Å². The number of hydrogen-bond donors (Lipinski definition) is 1. The lowest BCUT2D eigenvalue weighted by Crippen LogP contribution is -2.05. The van der Waals surface area contributed by atoms with Gasteiger partial charge in [-0.1, -0.05) is 18.2 Å². The summed E-state index contributed by atoms with van der Waals surface area (Å²) in [5, 5.41) is 9.97. The molecule has 0 aliphatic heterocycles. The van der Waals surface area contributed by atoms with Crippen LogP contribution in [0.15, 0.2) is 18.2 Å². The van der Waals surface area contributed by atoms with Crippen molar-refractivity contribution in [1.82, 2.24) is 0 Å². The highest BCUT2D eigenvalue weighted by Gasteiger charge is 2.10. The fraction of sp³-hybridized carbons (Fsp3) is 0.538. The molecule has 1 atom stereocenters. The lowest BCUT2D eigenvalue weighted by Gasteiger charge is -2.15. The zero-order chi connectivity index (χ0) is 11.3. The molecule has 0 aliphatic carbocycles. The van der Waals surface area contributed by atoms with Gasteiger partial charge >= 0.3 is 0 Å². The van der Waals surface area contributed by atoms with Crippen LogP contribution in [0.3, 0.4) is 0 Å². The monoisotopic (exact) mass is 208 g/mol. The third kappa shape index (κ3) is 3.33. The smallest absolute Gasteiger partial charge is 0.0814 e. The molecule has 1 unspecified atom stereocenters. The molecule has 0 spiro atoms. The van der Waals surface area contributed by atoms with Crippen LogP contribution in [0.2, 0.25) is 0 Å². The summed E-state index contributed by atoms with van der Waals surface area (Å²) >= 11 is 0. The Labute approximate surface area is 91.9 Å². The van der Waals surface area contributed by atoms with Crippen LogP contribution in [-0.2, 0) is 4.74 Å². The number of rotatable bonds is 5. The van der Waals surface area contributed by atoms with Gasteiger partial charge in [-0.2, -0.15) is 0 Å². The van der Waals surface area contributed by atoms with Crippen molar-refractivity contribution >= 4 is 0 Å². The highest BCUT2D eigenvalue weighted by Crippen LogP contribution is 2.22. The number of ether oxygens (including phenoxy) is 1. The van der Waals surface area contributed by atoms with E-state index in [4.69, 9.17) is 4.74 Å². The number of aliphatic hydroxyl groups excluding tert-OH is 1. The molecule has 1 N–H and O–H groups in total. The largest absolute Gasteiger partial charge is 0.388 e. The Balaban J connectivity index is 2.65. The molecular weight excluding hydrogens is 188 g/mol. The van der Waals surface area contributed by atoms with E-state index in [0.29, 0.717) is 19.6 Å². The molecule has 0 aliphatic rings. The zero-order valence-electron chi connectivity index (χ0n) is 9.79. The van der Waals surface area contributed by atoms with E-state index in [0.717, 1.165) is 5.56 Å². The Morgan fingerprint density at radius 3 is 2.73 bits per heavy atom. The van der Waals surface area contributed by atoms with Crippen LogP contribution in [0.25, 0.3) is 0 Å². The first kappa shape index (κ1) is 12.2. The van der Waals surface area contributed by atoms with Gasteiger partial charge in [0.15, 0.2) is 0 Å². The molecule has 0 radical (unpaired) electrons. The van der Waals surface area contributed by atoms with Crippen LogP contribution in [0.1, 0.15) is 36.1 Å². The van der Waals surface area contributed by atoms with Crippen molar-refractivity contribution in [3.8, 4) is 0 Å². The fourth-order valence-corrected chi connectivity index (χ4v) is 1.63. The number of hydrogen-bond acceptors (Lipinski definition) is 2. The molecular formula is C13H20O2. The van der Waals surface area contributed by atoms with Gasteiger partial charge in [-0.15, -0.1) is 0 Å². The summed E-state index contributed by atoms with van der Waals surface area (Å²) in [7, 11) is 0. The summed E-state index contributed by atoms with van der Waals surface area (Å²) in [5.74, 6) is 0. The number of aryl methyl sites for hydroxylation is 1. The van der Waals surface area contributed by atoms with E-state index >= 15 is 0 Å². The first-order chi connectivity index (χ1) is 7.16. The van der Waals surface area contributed by atoms with E-state index in [9.17, 15) is 5.11 Å². The lowest BCUT2D eigenvalue weighted by atomic mass is 9.98. The lowest BCUT2D eigenvalue weighted by molar-refractivity contribution is 0.0883. The molecule has 2 nitrogen and oxygen atoms in total. The van der Waals surface area contributed by atoms with Crippen molar-refractivity contribution in [2.24, 2.45) is 0 Å². The second-order valence-electron chi connectivity index (χ2n) is 3.79. The van der Waals surface area contributed by atoms with E-state index < -0.39 is 6.10 Å². The third-order valence-electron chi connectivity index (χ3n) is 2.75. The minimum absolute atomic E-state index is 0.406. The minimum atomic E-state index is -0.406. The molecule has 1 aromatic rings. The van der Waals surface area contributed by atoms with Crippen molar-refractivity contribution in [3.05, 3.63) is 34.9 Å². The SMILES string of the molecule is CCOCCC(O)c1cccc(C)c1C. The van der Waals surface area contributed by atoms with Crippen molar-refractivity contribution in [2.75, 3.05) is 13.2 Å². The summed E-state index contributed by atoms with van der Waals surface area (Å²) in [4.78, 5) is 0. The van der Waals surface area contributed by atoms with Gasteiger partial charge in [0.25, 0.3) is 0 Å². The summed E-state index contributed by atoms with van der Waals surface area (Å²) in [5.41, 5.74) is 3.43. The predicted molar refractivity (Wildman–Crippen MR) is 62.0 cm³/mol. The maximum absolute atomic E-state index is 9.97. The van der Waals surface area contributed by atoms with Crippen LogP contribution in [-0.4, -0.2) is 18.3 Å². The first-order valence-electron chi connectivity index (χ1n) is 5.48. The van der Waals surface area contributed by atoms with Crippen LogP contribution < -0.4 is 0 Å². The Kier molecular flexibility index (Phi) is 4.79. The Morgan fingerprint density at radius 2 is 2.07 bits per heavy atom. The van der Waals surface area contributed by atoms with E-state index in [1.165, 1.54) is 11.1 Å². The molecule has 84 valence electrons. The van der Waals surface area contributed by atoms with Crippen LogP contribution in [0.5, 0.6) is 0 Å². The Morgan fingerprint density at radius 1 is 1.33 bits per heavy atom. The molecule has 0 saturated carbocycles. The normalized spacial score (nSPS) is 12.8. The fourth-order valence-electron chi connectivity index (χ4n) is 1.63. The van der Waals surface area contributed by atoms with Crippen molar-refractivity contribution in [1.29, 1.82) is 0 Å². The number of aliphatic hydroxyl groups is 1. The van der Waals surface area contributed by atoms with E-state index in [2.05, 4.69) is 19.9 Å². The van der Waals surface area contributed by atoms with Gasteiger partial charge in [0.1, 0.15) is 0 Å². The summed E-state index contributed by atoms with van der Waals surface area (Å²) < 4.78 is 5.24. The van der Waals surface area contributed by atoms with Gasteiger partial charge in [0, 0.05) is 19.6 Å². The molecule has 0 amide bonds. The Bertz CT molecular complexity index is 307. The Hall–Kier alpha value is -0.860. The first-order valence-corrected chi connectivity index (χ1v) is 5.48. The highest BCUT2D eigenvalue weighted by atomic mass is 16.5. The van der Waals surface area contributed by atoms with E-state index in [1.807, 2.05) is 19.1 Å². The zero-order valence-corrected chi connectivity index (χ0v) is 9.79. The molecule has 0 saturated heterocycles. The molecule has 1 rings (SSSR count). The highest BCUT2D eigenvalue weighted by molar-refractivity contribution is 5.34. The average Bonchev–Trinajstić information content (AvgIpc) is 2.22. The topological polar surface area (TPSA) is 29.5 Å². The molecule has 0 bridgehead atoms. The van der Waals surface area contributed by atoms with Crippen LogP contribution in [0, 0.1) is 13.8 Å². The van der Waals surface area contributed by atoms with Gasteiger partial charge in [0.2, 0.25) is 0 Å². The predicted octanol–water partition coefficient (Wildman–Crippen LogP) is 2.76. The van der Waals surface area contributed by atoms with Gasteiger partial charge in [-0.3, -0.25) is 0 Å². The van der Waals surface area contributed by atoms with Crippen molar-refractivity contribution in [2.45, 2.75) is 33.3 Å². The second-order valence-corrected chi connectivity index (χ2v) is 3.79. The molecule has 15 heavy (non-hydrogen) atoms. The van der Waals surface area contributed by atoms with Gasteiger partial charge < -0.3 is 9.84 Å². The quantitative estimate of drug-likeness (QED) is 0.754. The molecule has 0 heterocycles. The number of benzene rings is 1. The van der Waals surface area contributed by atoms with Crippen LogP contribution in [0.4, 0.5) is 0 Å². The maximum atomic E-state index is 9.97. The molecule has 2 heteroatoms. The standard InChI is InChI=1S/C13H20O2/c1-4-15-9-8-13(14)12-7-5-6-10(2)11(12)3/h5-7,13-14H,4,8-9H2,1-3H3. The van der Waals surface area contributed by atoms with Gasteiger partial charge in [-0.05, 0) is 37.5 Å². The molecule has 0 fully saturated rings. The van der Waals surface area contributed by atoms with Crippen molar-refractivity contribution in [3.63, 3.8) is 0 Å².